The first-order chi connectivity index (χ1) is 10.7. The van der Waals surface area contributed by atoms with Crippen molar-refractivity contribution in [2.75, 3.05) is 6.61 Å². The van der Waals surface area contributed by atoms with Gasteiger partial charge in [0.1, 0.15) is 11.5 Å². The van der Waals surface area contributed by atoms with Gasteiger partial charge in [-0.15, -0.1) is 0 Å². The third-order valence-corrected chi connectivity index (χ3v) is 4.69. The molecule has 2 nitrogen and oxygen atoms in total. The van der Waals surface area contributed by atoms with Crippen LogP contribution in [0.1, 0.15) is 76.7 Å². The summed E-state index contributed by atoms with van der Waals surface area (Å²) in [4.78, 5) is 12.2. The normalized spacial score (nSPS) is 21.8. The molecule has 2 rings (SSSR count). The van der Waals surface area contributed by atoms with E-state index in [0.717, 1.165) is 43.6 Å². The Morgan fingerprint density at radius 2 is 1.77 bits per heavy atom. The number of rotatable bonds is 8. The van der Waals surface area contributed by atoms with Crippen LogP contribution in [0.25, 0.3) is 0 Å². The van der Waals surface area contributed by atoms with E-state index in [1.807, 2.05) is 12.1 Å². The molecule has 1 aromatic carbocycles. The molecule has 22 heavy (non-hydrogen) atoms. The summed E-state index contributed by atoms with van der Waals surface area (Å²) in [7, 11) is 0. The topological polar surface area (TPSA) is 26.3 Å². The molecule has 1 aromatic rings. The van der Waals surface area contributed by atoms with E-state index >= 15 is 0 Å². The average molecular weight is 302 g/mol. The van der Waals surface area contributed by atoms with Crippen molar-refractivity contribution >= 4 is 5.78 Å². The van der Waals surface area contributed by atoms with Crippen molar-refractivity contribution in [2.45, 2.75) is 71.1 Å². The maximum atomic E-state index is 12.2. The van der Waals surface area contributed by atoms with Crippen LogP contribution in [0.2, 0.25) is 0 Å². The SMILES string of the molecule is CCCCCCCOc1ccc(C2CCC(C)CC2=O)cc1. The molecule has 0 amide bonds. The van der Waals surface area contributed by atoms with Crippen molar-refractivity contribution in [3.8, 4) is 5.75 Å². The number of unbranched alkanes of at least 4 members (excludes halogenated alkanes) is 4. The number of hydrogen-bond donors (Lipinski definition) is 0. The highest BCUT2D eigenvalue weighted by molar-refractivity contribution is 5.86. The smallest absolute Gasteiger partial charge is 0.140 e. The van der Waals surface area contributed by atoms with E-state index in [4.69, 9.17) is 4.74 Å². The molecule has 2 unspecified atom stereocenters. The van der Waals surface area contributed by atoms with Gasteiger partial charge in [0.05, 0.1) is 6.61 Å². The molecule has 0 radical (unpaired) electrons. The molecular formula is C20H30O2. The lowest BCUT2D eigenvalue weighted by molar-refractivity contribution is -0.123. The minimum absolute atomic E-state index is 0.110. The van der Waals surface area contributed by atoms with Gasteiger partial charge in [0.15, 0.2) is 0 Å². The van der Waals surface area contributed by atoms with Crippen LogP contribution < -0.4 is 4.74 Å². The summed E-state index contributed by atoms with van der Waals surface area (Å²) in [5, 5.41) is 0. The van der Waals surface area contributed by atoms with Crippen LogP contribution in [0.4, 0.5) is 0 Å². The second kappa shape index (κ2) is 8.97. The molecule has 2 heteroatoms. The lowest BCUT2D eigenvalue weighted by Gasteiger charge is -2.25. The Hall–Kier alpha value is -1.31. The van der Waals surface area contributed by atoms with E-state index in [1.165, 1.54) is 25.7 Å². The molecular weight excluding hydrogens is 272 g/mol. The Bertz CT molecular complexity index is 449. The molecule has 0 aromatic heterocycles. The summed E-state index contributed by atoms with van der Waals surface area (Å²) in [5.41, 5.74) is 1.16. The molecule has 0 bridgehead atoms. The van der Waals surface area contributed by atoms with Crippen LogP contribution in [0, 0.1) is 5.92 Å². The van der Waals surface area contributed by atoms with E-state index in [1.54, 1.807) is 0 Å². The molecule has 0 N–H and O–H groups in total. The molecule has 1 aliphatic rings. The number of Topliss-reactive ketones (excluding diaryl/α,β-unsaturated/α-hetero) is 1. The molecule has 122 valence electrons. The van der Waals surface area contributed by atoms with Gasteiger partial charge >= 0.3 is 0 Å². The van der Waals surface area contributed by atoms with E-state index < -0.39 is 0 Å². The molecule has 0 aliphatic heterocycles. The van der Waals surface area contributed by atoms with Crippen LogP contribution in [0.15, 0.2) is 24.3 Å². The van der Waals surface area contributed by atoms with E-state index in [-0.39, 0.29) is 5.92 Å². The van der Waals surface area contributed by atoms with E-state index in [9.17, 15) is 4.79 Å². The Labute approximate surface area is 135 Å². The highest BCUT2D eigenvalue weighted by atomic mass is 16.5. The fraction of sp³-hybridized carbons (Fsp3) is 0.650. The number of ketones is 1. The minimum atomic E-state index is 0.110. The fourth-order valence-corrected chi connectivity index (χ4v) is 3.24. The van der Waals surface area contributed by atoms with Crippen molar-refractivity contribution in [2.24, 2.45) is 5.92 Å². The van der Waals surface area contributed by atoms with Gasteiger partial charge in [0.2, 0.25) is 0 Å². The Kier molecular flexibility index (Phi) is 6.95. The van der Waals surface area contributed by atoms with Gasteiger partial charge in [-0.3, -0.25) is 4.79 Å². The van der Waals surface area contributed by atoms with Crippen LogP contribution >= 0.6 is 0 Å². The monoisotopic (exact) mass is 302 g/mol. The first-order valence-electron chi connectivity index (χ1n) is 8.96. The van der Waals surface area contributed by atoms with Crippen molar-refractivity contribution in [1.82, 2.24) is 0 Å². The van der Waals surface area contributed by atoms with Gasteiger partial charge < -0.3 is 4.74 Å². The van der Waals surface area contributed by atoms with Crippen molar-refractivity contribution in [1.29, 1.82) is 0 Å². The zero-order valence-electron chi connectivity index (χ0n) is 14.1. The predicted octanol–water partition coefficient (Wildman–Crippen LogP) is 5.51. The third kappa shape index (κ3) is 5.15. The van der Waals surface area contributed by atoms with E-state index in [2.05, 4.69) is 26.0 Å². The Morgan fingerprint density at radius 3 is 2.45 bits per heavy atom. The predicted molar refractivity (Wildman–Crippen MR) is 91.5 cm³/mol. The van der Waals surface area contributed by atoms with Gasteiger partial charge in [0, 0.05) is 12.3 Å². The maximum Gasteiger partial charge on any atom is 0.140 e. The van der Waals surface area contributed by atoms with Crippen LogP contribution in [0.5, 0.6) is 5.75 Å². The standard InChI is InChI=1S/C20H30O2/c1-3-4-5-6-7-14-22-18-11-9-17(10-12-18)19-13-8-16(2)15-20(19)21/h9-12,16,19H,3-8,13-15H2,1-2H3. The van der Waals surface area contributed by atoms with Crippen molar-refractivity contribution in [3.05, 3.63) is 29.8 Å². The van der Waals surface area contributed by atoms with Crippen LogP contribution in [0.3, 0.4) is 0 Å². The third-order valence-electron chi connectivity index (χ3n) is 4.69. The number of ether oxygens (including phenoxy) is 1. The highest BCUT2D eigenvalue weighted by Gasteiger charge is 2.27. The lowest BCUT2D eigenvalue weighted by Crippen LogP contribution is -2.21. The number of hydrogen-bond acceptors (Lipinski definition) is 2. The average Bonchev–Trinajstić information content (AvgIpc) is 2.52. The Morgan fingerprint density at radius 1 is 1.05 bits per heavy atom. The second-order valence-corrected chi connectivity index (χ2v) is 6.74. The fourth-order valence-electron chi connectivity index (χ4n) is 3.24. The summed E-state index contributed by atoms with van der Waals surface area (Å²) >= 11 is 0. The summed E-state index contributed by atoms with van der Waals surface area (Å²) < 4.78 is 5.79. The van der Waals surface area contributed by atoms with Gasteiger partial charge in [-0.25, -0.2) is 0 Å². The second-order valence-electron chi connectivity index (χ2n) is 6.74. The molecule has 1 aliphatic carbocycles. The molecule has 2 atom stereocenters. The summed E-state index contributed by atoms with van der Waals surface area (Å²) in [6, 6.07) is 8.19. The molecule has 0 spiro atoms. The molecule has 0 heterocycles. The maximum absolute atomic E-state index is 12.2. The largest absolute Gasteiger partial charge is 0.494 e. The van der Waals surface area contributed by atoms with Gasteiger partial charge in [-0.2, -0.15) is 0 Å². The molecule has 1 fully saturated rings. The van der Waals surface area contributed by atoms with Gasteiger partial charge in [0.25, 0.3) is 0 Å². The lowest BCUT2D eigenvalue weighted by atomic mass is 9.78. The number of carbonyl (C=O) groups is 1. The highest BCUT2D eigenvalue weighted by Crippen LogP contribution is 2.33. The summed E-state index contributed by atoms with van der Waals surface area (Å²) in [5.74, 6) is 2.00. The van der Waals surface area contributed by atoms with Crippen LogP contribution in [-0.4, -0.2) is 12.4 Å². The first-order valence-corrected chi connectivity index (χ1v) is 8.96. The summed E-state index contributed by atoms with van der Waals surface area (Å²) in [6.45, 7) is 5.20. The van der Waals surface area contributed by atoms with Gasteiger partial charge in [-0.05, 0) is 42.9 Å². The zero-order valence-corrected chi connectivity index (χ0v) is 14.1. The number of carbonyl (C=O) groups excluding carboxylic acids is 1. The zero-order chi connectivity index (χ0) is 15.8. The van der Waals surface area contributed by atoms with E-state index in [0.29, 0.717) is 11.7 Å². The summed E-state index contributed by atoms with van der Waals surface area (Å²) in [6.07, 6.45) is 9.18. The van der Waals surface area contributed by atoms with Crippen LogP contribution in [-0.2, 0) is 4.79 Å². The molecule has 1 saturated carbocycles. The van der Waals surface area contributed by atoms with Crippen molar-refractivity contribution < 1.29 is 9.53 Å². The first kappa shape index (κ1) is 17.1. The Balaban J connectivity index is 1.77. The quantitative estimate of drug-likeness (QED) is 0.592. The minimum Gasteiger partial charge on any atom is -0.494 e. The van der Waals surface area contributed by atoms with Gasteiger partial charge in [-0.1, -0.05) is 51.7 Å². The van der Waals surface area contributed by atoms with Crippen molar-refractivity contribution in [3.63, 3.8) is 0 Å². The number of benzene rings is 1. The molecule has 0 saturated heterocycles.